The van der Waals surface area contributed by atoms with Crippen LogP contribution in [0.15, 0.2) is 54.6 Å². The normalized spacial score (nSPS) is 9.44. The van der Waals surface area contributed by atoms with Crippen LogP contribution in [0.1, 0.15) is 11.1 Å². The highest BCUT2D eigenvalue weighted by Gasteiger charge is 1.97. The molecule has 0 amide bonds. The van der Waals surface area contributed by atoms with Crippen molar-refractivity contribution in [2.24, 2.45) is 0 Å². The van der Waals surface area contributed by atoms with Gasteiger partial charge in [0.2, 0.25) is 0 Å². The summed E-state index contributed by atoms with van der Waals surface area (Å²) in [6.45, 7) is 0. The van der Waals surface area contributed by atoms with Crippen LogP contribution in [0.25, 0.3) is 0 Å². The Balaban J connectivity index is 2.09. The zero-order chi connectivity index (χ0) is 11.2. The van der Waals surface area contributed by atoms with Crippen molar-refractivity contribution < 1.29 is 4.74 Å². The second kappa shape index (κ2) is 4.99. The van der Waals surface area contributed by atoms with E-state index in [0.717, 1.165) is 6.42 Å². The molecule has 0 atom stereocenters. The monoisotopic (exact) mass is 209 g/mol. The standard InChI is InChI=1S/C14H11NO/c15-11-16-14-8-6-13(7-9-14)10-12-4-2-1-3-5-12/h1-9H,10H2. The molecular weight excluding hydrogens is 198 g/mol. The first kappa shape index (κ1) is 10.3. The van der Waals surface area contributed by atoms with E-state index in [2.05, 4.69) is 12.1 Å². The highest BCUT2D eigenvalue weighted by atomic mass is 16.5. The Hall–Kier alpha value is -2.27. The molecule has 78 valence electrons. The molecule has 0 radical (unpaired) electrons. The Morgan fingerprint density at radius 3 is 2.12 bits per heavy atom. The minimum Gasteiger partial charge on any atom is -0.388 e. The third kappa shape index (κ3) is 2.61. The molecular formula is C14H11NO. The van der Waals surface area contributed by atoms with Crippen molar-refractivity contribution in [3.8, 4) is 12.0 Å². The number of nitriles is 1. The summed E-state index contributed by atoms with van der Waals surface area (Å²) in [4.78, 5) is 0. The van der Waals surface area contributed by atoms with E-state index in [-0.39, 0.29) is 0 Å². The molecule has 0 aliphatic heterocycles. The zero-order valence-electron chi connectivity index (χ0n) is 8.76. The van der Waals surface area contributed by atoms with Gasteiger partial charge in [0.25, 0.3) is 6.26 Å². The maximum atomic E-state index is 8.35. The summed E-state index contributed by atoms with van der Waals surface area (Å²) in [5.74, 6) is 0.583. The van der Waals surface area contributed by atoms with E-state index in [4.69, 9.17) is 10.00 Å². The fraction of sp³-hybridized carbons (Fsp3) is 0.0714. The van der Waals surface area contributed by atoms with Gasteiger partial charge in [0.15, 0.2) is 0 Å². The van der Waals surface area contributed by atoms with E-state index >= 15 is 0 Å². The zero-order valence-corrected chi connectivity index (χ0v) is 8.76. The van der Waals surface area contributed by atoms with Crippen LogP contribution >= 0.6 is 0 Å². The molecule has 0 aliphatic carbocycles. The van der Waals surface area contributed by atoms with E-state index in [0.29, 0.717) is 5.75 Å². The first-order valence-electron chi connectivity index (χ1n) is 5.07. The second-order valence-corrected chi connectivity index (χ2v) is 3.50. The molecule has 2 aromatic carbocycles. The third-order valence-electron chi connectivity index (χ3n) is 2.34. The number of rotatable bonds is 3. The smallest absolute Gasteiger partial charge is 0.292 e. The Labute approximate surface area is 94.7 Å². The van der Waals surface area contributed by atoms with Gasteiger partial charge in [-0.3, -0.25) is 0 Å². The molecule has 0 aromatic heterocycles. The molecule has 2 nitrogen and oxygen atoms in total. The van der Waals surface area contributed by atoms with Crippen molar-refractivity contribution >= 4 is 0 Å². The summed E-state index contributed by atoms with van der Waals surface area (Å²) in [5, 5.41) is 8.35. The number of benzene rings is 2. The summed E-state index contributed by atoms with van der Waals surface area (Å²) < 4.78 is 4.72. The highest BCUT2D eigenvalue weighted by molar-refractivity contribution is 5.31. The molecule has 0 bridgehead atoms. The lowest BCUT2D eigenvalue weighted by molar-refractivity contribution is 0.507. The summed E-state index contributed by atoms with van der Waals surface area (Å²) in [6.07, 6.45) is 2.55. The van der Waals surface area contributed by atoms with Crippen LogP contribution in [0.3, 0.4) is 0 Å². The van der Waals surface area contributed by atoms with Crippen molar-refractivity contribution in [2.45, 2.75) is 6.42 Å². The van der Waals surface area contributed by atoms with Gasteiger partial charge in [0, 0.05) is 0 Å². The topological polar surface area (TPSA) is 33.0 Å². The summed E-state index contributed by atoms with van der Waals surface area (Å²) in [7, 11) is 0. The molecule has 2 rings (SSSR count). The summed E-state index contributed by atoms with van der Waals surface area (Å²) in [6, 6.07) is 17.8. The van der Waals surface area contributed by atoms with Crippen LogP contribution in [0.2, 0.25) is 0 Å². The predicted molar refractivity (Wildman–Crippen MR) is 61.9 cm³/mol. The molecule has 0 saturated carbocycles. The Morgan fingerprint density at radius 1 is 0.875 bits per heavy atom. The minimum atomic E-state index is 0.583. The number of hydrogen-bond acceptors (Lipinski definition) is 2. The van der Waals surface area contributed by atoms with Gasteiger partial charge in [-0.1, -0.05) is 42.5 Å². The predicted octanol–water partition coefficient (Wildman–Crippen LogP) is 3.14. The minimum absolute atomic E-state index is 0.583. The maximum Gasteiger partial charge on any atom is 0.292 e. The Kier molecular flexibility index (Phi) is 3.20. The summed E-state index contributed by atoms with van der Waals surface area (Å²) in [5.41, 5.74) is 2.48. The van der Waals surface area contributed by atoms with Crippen LogP contribution in [-0.4, -0.2) is 0 Å². The van der Waals surface area contributed by atoms with Crippen molar-refractivity contribution in [2.75, 3.05) is 0 Å². The lowest BCUT2D eigenvalue weighted by atomic mass is 10.1. The molecule has 16 heavy (non-hydrogen) atoms. The van der Waals surface area contributed by atoms with Gasteiger partial charge in [-0.15, -0.1) is 5.26 Å². The molecule has 0 saturated heterocycles. The van der Waals surface area contributed by atoms with Crippen LogP contribution in [0, 0.1) is 11.5 Å². The molecule has 2 heteroatoms. The van der Waals surface area contributed by atoms with Crippen LogP contribution < -0.4 is 4.74 Å². The quantitative estimate of drug-likeness (QED) is 0.727. The van der Waals surface area contributed by atoms with Crippen LogP contribution in [0.4, 0.5) is 0 Å². The summed E-state index contributed by atoms with van der Waals surface area (Å²) >= 11 is 0. The molecule has 0 N–H and O–H groups in total. The molecule has 0 spiro atoms. The van der Waals surface area contributed by atoms with Crippen molar-refractivity contribution in [1.82, 2.24) is 0 Å². The van der Waals surface area contributed by atoms with Crippen molar-refractivity contribution in [3.63, 3.8) is 0 Å². The Morgan fingerprint density at radius 2 is 1.50 bits per heavy atom. The van der Waals surface area contributed by atoms with Crippen LogP contribution in [0.5, 0.6) is 5.75 Å². The fourth-order valence-electron chi connectivity index (χ4n) is 1.56. The molecule has 0 unspecified atom stereocenters. The van der Waals surface area contributed by atoms with Crippen molar-refractivity contribution in [3.05, 3.63) is 65.7 Å². The largest absolute Gasteiger partial charge is 0.388 e. The van der Waals surface area contributed by atoms with Gasteiger partial charge in [0.1, 0.15) is 5.75 Å². The van der Waals surface area contributed by atoms with E-state index in [1.54, 1.807) is 6.26 Å². The SMILES string of the molecule is N#COc1ccc(Cc2ccccc2)cc1. The molecule has 0 aliphatic rings. The van der Waals surface area contributed by atoms with Gasteiger partial charge in [-0.2, -0.15) is 0 Å². The van der Waals surface area contributed by atoms with E-state index in [1.165, 1.54) is 11.1 Å². The molecule has 0 heterocycles. The number of ether oxygens (including phenoxy) is 1. The average molecular weight is 209 g/mol. The van der Waals surface area contributed by atoms with Crippen molar-refractivity contribution in [1.29, 1.82) is 5.26 Å². The van der Waals surface area contributed by atoms with Gasteiger partial charge in [-0.25, -0.2) is 0 Å². The van der Waals surface area contributed by atoms with Gasteiger partial charge in [0.05, 0.1) is 0 Å². The second-order valence-electron chi connectivity index (χ2n) is 3.50. The van der Waals surface area contributed by atoms with E-state index in [9.17, 15) is 0 Å². The molecule has 2 aromatic rings. The third-order valence-corrected chi connectivity index (χ3v) is 2.34. The lowest BCUT2D eigenvalue weighted by Crippen LogP contribution is -1.88. The maximum absolute atomic E-state index is 8.35. The first-order valence-corrected chi connectivity index (χ1v) is 5.07. The number of nitrogens with zero attached hydrogens (tertiary/aromatic N) is 1. The van der Waals surface area contributed by atoms with E-state index in [1.807, 2.05) is 42.5 Å². The lowest BCUT2D eigenvalue weighted by Gasteiger charge is -2.02. The van der Waals surface area contributed by atoms with E-state index < -0.39 is 0 Å². The van der Waals surface area contributed by atoms with Gasteiger partial charge in [-0.05, 0) is 29.7 Å². The molecule has 0 fully saturated rings. The fourth-order valence-corrected chi connectivity index (χ4v) is 1.56. The Bertz CT molecular complexity index is 482. The number of hydrogen-bond donors (Lipinski definition) is 0. The average Bonchev–Trinajstić information content (AvgIpc) is 2.33. The highest BCUT2D eigenvalue weighted by Crippen LogP contribution is 2.14. The van der Waals surface area contributed by atoms with Crippen LogP contribution in [-0.2, 0) is 6.42 Å². The first-order chi connectivity index (χ1) is 7.88. The van der Waals surface area contributed by atoms with Gasteiger partial charge < -0.3 is 4.74 Å². The van der Waals surface area contributed by atoms with Gasteiger partial charge >= 0.3 is 0 Å².